The Labute approximate surface area is 235 Å². The molecule has 0 aromatic rings. The Bertz CT molecular complexity index is 331. The third-order valence-corrected chi connectivity index (χ3v) is 2.77. The van der Waals surface area contributed by atoms with Crippen molar-refractivity contribution in [1.29, 1.82) is 0 Å². The van der Waals surface area contributed by atoms with Gasteiger partial charge < -0.3 is 66.3 Å². The molecule has 0 saturated heterocycles. The van der Waals surface area contributed by atoms with Gasteiger partial charge in [0.25, 0.3) is 0 Å². The van der Waals surface area contributed by atoms with Gasteiger partial charge in [-0.05, 0) is 6.42 Å². The minimum Gasteiger partial charge on any atom is -0.693 e. The van der Waals surface area contributed by atoms with Crippen LogP contribution in [0.5, 0.6) is 0 Å². The number of nitrogens with one attached hydrogen (secondary N) is 3. The zero-order valence-corrected chi connectivity index (χ0v) is 25.4. The van der Waals surface area contributed by atoms with Crippen LogP contribution < -0.4 is 0 Å². The van der Waals surface area contributed by atoms with Crippen molar-refractivity contribution in [2.24, 2.45) is 5.41 Å². The maximum Gasteiger partial charge on any atom is 0.301 e. The third-order valence-electron chi connectivity index (χ3n) is 2.77. The van der Waals surface area contributed by atoms with Crippen molar-refractivity contribution in [1.82, 2.24) is 0 Å². The summed E-state index contributed by atoms with van der Waals surface area (Å²) in [5, 5.41) is 49.4. The first-order valence-electron chi connectivity index (χ1n) is 7.97. The molecule has 15 N–H and O–H groups in total. The first-order valence-corrected chi connectivity index (χ1v) is 7.97. The number of aliphatic carboxylic acids is 3. The quantitative estimate of drug-likeness (QED) is 0.187. The van der Waals surface area contributed by atoms with Gasteiger partial charge in [0.15, 0.2) is 0 Å². The van der Waals surface area contributed by atoms with E-state index in [4.69, 9.17) is 47.8 Å². The van der Waals surface area contributed by atoms with Gasteiger partial charge in [-0.25, -0.2) is 0 Å². The van der Waals surface area contributed by atoms with Crippen LogP contribution in [0.4, 0.5) is 0 Å². The zero-order valence-electron chi connectivity index (χ0n) is 18.2. The fourth-order valence-electron chi connectivity index (χ4n) is 0.806. The molecule has 0 unspecified atom stereocenters. The predicted molar refractivity (Wildman–Crippen MR) is 114 cm³/mol. The van der Waals surface area contributed by atoms with Gasteiger partial charge in [0.05, 0.1) is 19.8 Å². The molecule has 0 saturated carbocycles. The molecule has 0 amide bonds. The van der Waals surface area contributed by atoms with Crippen LogP contribution in [0.1, 0.15) is 32.6 Å². The molecule has 3 radical (unpaired) electrons. The number of carboxylic acid groups (broad SMARTS) is 3. The minimum atomic E-state index is -0.898. The Morgan fingerprint density at radius 3 is 0.788 bits per heavy atom. The van der Waals surface area contributed by atoms with E-state index in [1.54, 1.807) is 0 Å². The number of hydrogen-bond donors (Lipinski definition) is 6. The Morgan fingerprint density at radius 1 is 0.606 bits per heavy atom. The summed E-state index contributed by atoms with van der Waals surface area (Å²) in [5.74, 6) is -2.69. The van der Waals surface area contributed by atoms with Crippen LogP contribution in [0.3, 0.4) is 0 Å². The largest absolute Gasteiger partial charge is 0.693 e. The van der Waals surface area contributed by atoms with Crippen LogP contribution in [-0.4, -0.2) is 88.0 Å². The number of carboxylic acids is 3. The molecular weight excluding hydrogens is 985 g/mol. The van der Waals surface area contributed by atoms with Crippen molar-refractivity contribution < 1.29 is 105 Å². The minimum absolute atomic E-state index is 0. The Morgan fingerprint density at radius 2 is 0.788 bits per heavy atom. The van der Waals surface area contributed by atoms with Gasteiger partial charge in [0.1, 0.15) is 0 Å². The van der Waals surface area contributed by atoms with E-state index < -0.39 is 23.3 Å². The first-order chi connectivity index (χ1) is 12.6. The Kier molecular flexibility index (Phi) is 95.2. The molecule has 0 heterocycles. The van der Waals surface area contributed by atoms with Gasteiger partial charge in [-0.1, -0.05) is 6.92 Å². The summed E-state index contributed by atoms with van der Waals surface area (Å²) in [5.41, 5.74) is 18.4. The average Bonchev–Trinajstić information content (AvgIpc) is 2.59. The van der Waals surface area contributed by atoms with Gasteiger partial charge in [-0.15, -0.1) is 19.6 Å². The van der Waals surface area contributed by atoms with E-state index in [1.165, 1.54) is 0 Å². The van der Waals surface area contributed by atoms with Gasteiger partial charge >= 0.3 is 17.9 Å². The van der Waals surface area contributed by atoms with Gasteiger partial charge in [0.2, 0.25) is 0 Å². The van der Waals surface area contributed by atoms with Crippen LogP contribution >= 0.6 is 0 Å². The van der Waals surface area contributed by atoms with Crippen molar-refractivity contribution in [3.63, 3.8) is 0 Å². The molecule has 0 spiro atoms. The molecule has 0 aliphatic heterocycles. The van der Waals surface area contributed by atoms with E-state index in [1.807, 2.05) is 6.92 Å². The van der Waals surface area contributed by atoms with Crippen LogP contribution in [-0.2, 0) is 74.7 Å². The fourth-order valence-corrected chi connectivity index (χ4v) is 0.806. The van der Waals surface area contributed by atoms with E-state index >= 15 is 0 Å². The molecule has 0 aromatic carbocycles. The second kappa shape index (κ2) is 49.2. The van der Waals surface area contributed by atoms with E-state index in [0.29, 0.717) is 6.42 Å². The second-order valence-corrected chi connectivity index (χ2v) is 5.01. The second-order valence-electron chi connectivity index (χ2n) is 5.01. The Hall–Kier alpha value is -0.00195. The molecule has 33 heavy (non-hydrogen) atoms. The maximum atomic E-state index is 9.48. The standard InChI is InChI=1S/C6H14O3.3C3H6NO2.3Ir.3H2N/c1-2-6(3-7,4-8)5-9;3*4-2-1-3(5)6;;;;;;/h7-9H,2-5H2,1H3;3*4H,1-2H2,(H,5,6);;;;3*1H2/q;3*-1;;;;3*-1. The van der Waals surface area contributed by atoms with Gasteiger partial charge in [-0.3, -0.25) is 14.4 Å². The number of nitrogens with two attached hydrogens (primary N) is 3. The van der Waals surface area contributed by atoms with Crippen LogP contribution in [0.15, 0.2) is 0 Å². The summed E-state index contributed by atoms with van der Waals surface area (Å²) in [4.78, 5) is 28.4. The van der Waals surface area contributed by atoms with Crippen molar-refractivity contribution in [3.05, 3.63) is 35.7 Å². The number of aliphatic hydroxyl groups is 3. The Balaban J connectivity index is -0.0000000256. The fraction of sp³-hybridized carbons (Fsp3) is 0.800. The third kappa shape index (κ3) is 65.3. The number of rotatable bonds is 10. The summed E-state index contributed by atoms with van der Waals surface area (Å²) in [6, 6.07) is 0. The van der Waals surface area contributed by atoms with Crippen molar-refractivity contribution >= 4 is 17.9 Å². The van der Waals surface area contributed by atoms with Crippen molar-refractivity contribution in [2.75, 3.05) is 39.5 Å². The monoisotopic (exact) mass is 1030 g/mol. The van der Waals surface area contributed by atoms with E-state index in [9.17, 15) is 14.4 Å². The summed E-state index contributed by atoms with van der Waals surface area (Å²) in [6.45, 7) is 1.30. The topological polar surface area (TPSA) is 344 Å². The number of hydrogen-bond acceptors (Lipinski definition) is 6. The summed E-state index contributed by atoms with van der Waals surface area (Å²) in [7, 11) is 0. The molecular formula is C15H38Ir3N6O9-6. The van der Waals surface area contributed by atoms with Crippen LogP contribution in [0.25, 0.3) is 35.7 Å². The smallest absolute Gasteiger partial charge is 0.301 e. The average molecular weight is 1020 g/mol. The summed E-state index contributed by atoms with van der Waals surface area (Å²) >= 11 is 0. The van der Waals surface area contributed by atoms with Crippen molar-refractivity contribution in [3.8, 4) is 0 Å². The maximum absolute atomic E-state index is 9.48. The summed E-state index contributed by atoms with van der Waals surface area (Å²) < 4.78 is 0. The van der Waals surface area contributed by atoms with Gasteiger partial charge in [0, 0.05) is 85.0 Å². The molecule has 18 heteroatoms. The molecule has 15 nitrogen and oxygen atoms in total. The predicted octanol–water partition coefficient (Wildman–Crippen LogP) is 3.04. The van der Waals surface area contributed by atoms with Crippen LogP contribution in [0, 0.1) is 5.41 Å². The SMILES string of the molecule is CCC(CO)(CO)CO.[Ir].[Ir].[Ir].[NH-]CCC(=O)O.[NH-]CCC(=O)O.[NH-]CCC(=O)O.[NH2-].[NH2-].[NH2-]. The van der Waals surface area contributed by atoms with Crippen LogP contribution in [0.2, 0.25) is 0 Å². The first kappa shape index (κ1) is 63.9. The molecule has 0 atom stereocenters. The molecule has 0 aromatic heterocycles. The van der Waals surface area contributed by atoms with E-state index in [2.05, 4.69) is 0 Å². The normalized spacial score (nSPS) is 7.73. The molecule has 0 aliphatic rings. The zero-order chi connectivity index (χ0) is 22.3. The molecule has 0 fully saturated rings. The number of aliphatic hydroxyl groups excluding tert-OH is 3. The summed E-state index contributed by atoms with van der Waals surface area (Å²) in [6.07, 6.45) is 0.469. The van der Waals surface area contributed by atoms with E-state index in [0.717, 1.165) is 0 Å². The molecule has 0 aliphatic carbocycles. The molecule has 215 valence electrons. The van der Waals surface area contributed by atoms with Gasteiger partial charge in [-0.2, -0.15) is 0 Å². The van der Waals surface area contributed by atoms with Crippen molar-refractivity contribution in [2.45, 2.75) is 32.6 Å². The molecule has 0 rings (SSSR count). The number of carbonyl (C=O) groups is 3. The molecule has 0 bridgehead atoms. The van der Waals surface area contributed by atoms with E-state index in [-0.39, 0.29) is 137 Å².